The fourth-order valence-corrected chi connectivity index (χ4v) is 5.24. The van der Waals surface area contributed by atoms with Crippen molar-refractivity contribution in [1.29, 1.82) is 0 Å². The summed E-state index contributed by atoms with van der Waals surface area (Å²) in [5, 5.41) is 15.1. The topological polar surface area (TPSA) is 98.5 Å². The number of hydrogen-bond acceptors (Lipinski definition) is 7. The molecule has 6 rings (SSSR count). The van der Waals surface area contributed by atoms with Gasteiger partial charge in [0, 0.05) is 36.2 Å². The van der Waals surface area contributed by atoms with Gasteiger partial charge in [0.1, 0.15) is 35.7 Å². The van der Waals surface area contributed by atoms with E-state index in [0.717, 1.165) is 28.7 Å². The number of nitrogens with zero attached hydrogens (tertiary/aromatic N) is 2. The van der Waals surface area contributed by atoms with Crippen molar-refractivity contribution in [2.75, 3.05) is 11.9 Å². The van der Waals surface area contributed by atoms with Crippen molar-refractivity contribution in [3.8, 4) is 22.6 Å². The van der Waals surface area contributed by atoms with Crippen LogP contribution in [0.2, 0.25) is 10.0 Å². The Labute approximate surface area is 246 Å². The van der Waals surface area contributed by atoms with Crippen LogP contribution < -0.4 is 20.1 Å². The molecule has 0 unspecified atom stereocenters. The Morgan fingerprint density at radius 1 is 0.902 bits per heavy atom. The molecule has 0 spiro atoms. The minimum atomic E-state index is 0.0335. The van der Waals surface area contributed by atoms with Crippen LogP contribution in [0.4, 0.5) is 5.69 Å². The number of benzene rings is 4. The van der Waals surface area contributed by atoms with Gasteiger partial charge < -0.3 is 20.1 Å². The summed E-state index contributed by atoms with van der Waals surface area (Å²) in [7, 11) is 0. The molecule has 2 N–H and O–H groups in total. The quantitative estimate of drug-likeness (QED) is 0.180. The molecule has 10 heteroatoms. The van der Waals surface area contributed by atoms with Gasteiger partial charge in [-0.25, -0.2) is 4.63 Å². The molecule has 1 atom stereocenters. The molecule has 0 aliphatic carbocycles. The summed E-state index contributed by atoms with van der Waals surface area (Å²) < 4.78 is 17.2. The number of anilines is 1. The van der Waals surface area contributed by atoms with E-state index in [0.29, 0.717) is 51.2 Å². The smallest absolute Gasteiger partial charge is 0.220 e. The van der Waals surface area contributed by atoms with Gasteiger partial charge in [0.2, 0.25) is 5.91 Å². The zero-order valence-corrected chi connectivity index (χ0v) is 23.4. The third-order valence-electron chi connectivity index (χ3n) is 6.92. The molecule has 1 aliphatic heterocycles. The minimum absolute atomic E-state index is 0.0335. The van der Waals surface area contributed by atoms with E-state index in [-0.39, 0.29) is 25.2 Å². The standard InChI is InChI=1S/C31H26Cl2N4O4/c32-24-14-27(34-16-22-10-12-30(38)35-22)29(39-17-19-9-11-25-26(13-19)37-41-36-25)15-28(24)40-18-21-7-4-8-23(31(21)33)20-5-2-1-3-6-20/h1-9,11,13-15,22,34H,10,12,16-18H2,(H,35,38)/t22-/m1/s1. The fraction of sp³-hybridized carbons (Fsp3) is 0.194. The number of nitrogens with one attached hydrogen (secondary N) is 2. The van der Waals surface area contributed by atoms with Crippen LogP contribution in [0.3, 0.4) is 0 Å². The van der Waals surface area contributed by atoms with Crippen molar-refractivity contribution in [2.45, 2.75) is 32.1 Å². The van der Waals surface area contributed by atoms with Gasteiger partial charge in [-0.3, -0.25) is 4.79 Å². The summed E-state index contributed by atoms with van der Waals surface area (Å²) in [6.07, 6.45) is 1.29. The Morgan fingerprint density at radius 3 is 2.56 bits per heavy atom. The van der Waals surface area contributed by atoms with Crippen molar-refractivity contribution in [3.63, 3.8) is 0 Å². The molecule has 1 aromatic heterocycles. The molecule has 5 aromatic rings. The first-order valence-electron chi connectivity index (χ1n) is 13.2. The van der Waals surface area contributed by atoms with E-state index in [9.17, 15) is 4.79 Å². The summed E-state index contributed by atoms with van der Waals surface area (Å²) >= 11 is 13.5. The summed E-state index contributed by atoms with van der Waals surface area (Å²) in [5.41, 5.74) is 5.70. The third-order valence-corrected chi connectivity index (χ3v) is 7.66. The molecule has 4 aromatic carbocycles. The van der Waals surface area contributed by atoms with Crippen molar-refractivity contribution < 1.29 is 18.9 Å². The van der Waals surface area contributed by atoms with E-state index >= 15 is 0 Å². The molecule has 1 saturated heterocycles. The van der Waals surface area contributed by atoms with E-state index in [1.807, 2.05) is 66.7 Å². The van der Waals surface area contributed by atoms with Crippen LogP contribution in [0, 0.1) is 0 Å². The van der Waals surface area contributed by atoms with Gasteiger partial charge in [0.25, 0.3) is 0 Å². The Morgan fingerprint density at radius 2 is 1.73 bits per heavy atom. The first kappa shape index (κ1) is 26.9. The van der Waals surface area contributed by atoms with Gasteiger partial charge in [0.05, 0.1) is 15.7 Å². The van der Waals surface area contributed by atoms with Gasteiger partial charge >= 0.3 is 0 Å². The third kappa shape index (κ3) is 6.24. The first-order chi connectivity index (χ1) is 20.0. The zero-order chi connectivity index (χ0) is 28.2. The van der Waals surface area contributed by atoms with Crippen LogP contribution in [-0.4, -0.2) is 28.8 Å². The lowest BCUT2D eigenvalue weighted by Crippen LogP contribution is -2.31. The average molecular weight is 589 g/mol. The molecule has 8 nitrogen and oxygen atoms in total. The van der Waals surface area contributed by atoms with E-state index < -0.39 is 0 Å². The van der Waals surface area contributed by atoms with Crippen molar-refractivity contribution in [2.24, 2.45) is 0 Å². The number of amides is 1. The van der Waals surface area contributed by atoms with E-state index in [2.05, 4.69) is 20.9 Å². The maximum atomic E-state index is 11.7. The monoisotopic (exact) mass is 588 g/mol. The van der Waals surface area contributed by atoms with Crippen molar-refractivity contribution in [3.05, 3.63) is 100 Å². The normalized spacial score (nSPS) is 14.7. The average Bonchev–Trinajstić information content (AvgIpc) is 3.64. The Balaban J connectivity index is 1.22. The number of ether oxygens (including phenoxy) is 2. The highest BCUT2D eigenvalue weighted by atomic mass is 35.5. The highest BCUT2D eigenvalue weighted by molar-refractivity contribution is 6.34. The fourth-order valence-electron chi connectivity index (χ4n) is 4.73. The largest absolute Gasteiger partial charge is 0.487 e. The summed E-state index contributed by atoms with van der Waals surface area (Å²) in [5.74, 6) is 1.07. The number of fused-ring (bicyclic) bond motifs is 1. The number of rotatable bonds is 10. The maximum Gasteiger partial charge on any atom is 0.220 e. The van der Waals surface area contributed by atoms with Crippen molar-refractivity contribution >= 4 is 45.8 Å². The molecular weight excluding hydrogens is 563 g/mol. The van der Waals surface area contributed by atoms with E-state index in [1.165, 1.54) is 0 Å². The molecule has 0 saturated carbocycles. The van der Waals surface area contributed by atoms with Crippen molar-refractivity contribution in [1.82, 2.24) is 15.6 Å². The lowest BCUT2D eigenvalue weighted by molar-refractivity contribution is -0.119. The van der Waals surface area contributed by atoms with E-state index in [4.69, 9.17) is 37.3 Å². The molecule has 2 heterocycles. The number of carbonyl (C=O) groups is 1. The first-order valence-corrected chi connectivity index (χ1v) is 14.0. The predicted molar refractivity (Wildman–Crippen MR) is 158 cm³/mol. The van der Waals surface area contributed by atoms with Gasteiger partial charge in [-0.2, -0.15) is 0 Å². The molecule has 1 amide bonds. The van der Waals surface area contributed by atoms with Gasteiger partial charge in [0.15, 0.2) is 0 Å². The summed E-state index contributed by atoms with van der Waals surface area (Å²) in [4.78, 5) is 11.7. The van der Waals surface area contributed by atoms with Gasteiger partial charge in [-0.05, 0) is 46.1 Å². The molecule has 0 bridgehead atoms. The highest BCUT2D eigenvalue weighted by Gasteiger charge is 2.21. The summed E-state index contributed by atoms with van der Waals surface area (Å²) in [6, 6.07) is 25.0. The van der Waals surface area contributed by atoms with E-state index in [1.54, 1.807) is 12.1 Å². The van der Waals surface area contributed by atoms with Crippen LogP contribution in [0.15, 0.2) is 83.5 Å². The van der Waals surface area contributed by atoms with Crippen LogP contribution in [-0.2, 0) is 18.0 Å². The van der Waals surface area contributed by atoms with Crippen LogP contribution >= 0.6 is 23.2 Å². The second kappa shape index (κ2) is 12.1. The van der Waals surface area contributed by atoms with Gasteiger partial charge in [-0.15, -0.1) is 0 Å². The Hall–Kier alpha value is -4.27. The molecule has 41 heavy (non-hydrogen) atoms. The zero-order valence-electron chi connectivity index (χ0n) is 21.9. The predicted octanol–water partition coefficient (Wildman–Crippen LogP) is 7.05. The SMILES string of the molecule is O=C1CC[C@H](CNc2cc(Cl)c(OCc3cccc(-c4ccccc4)c3Cl)cc2OCc2ccc3nonc3c2)N1. The highest BCUT2D eigenvalue weighted by Crippen LogP contribution is 2.38. The van der Waals surface area contributed by atoms with Crippen LogP contribution in [0.25, 0.3) is 22.2 Å². The second-order valence-electron chi connectivity index (χ2n) is 9.77. The number of hydrogen-bond donors (Lipinski definition) is 2. The lowest BCUT2D eigenvalue weighted by atomic mass is 10.0. The summed E-state index contributed by atoms with van der Waals surface area (Å²) in [6.45, 7) is 1.02. The molecule has 1 fully saturated rings. The molecule has 208 valence electrons. The van der Waals surface area contributed by atoms with Crippen LogP contribution in [0.5, 0.6) is 11.5 Å². The number of aromatic nitrogens is 2. The second-order valence-corrected chi connectivity index (χ2v) is 10.6. The lowest BCUT2D eigenvalue weighted by Gasteiger charge is -2.19. The molecule has 1 aliphatic rings. The number of carbonyl (C=O) groups excluding carboxylic acids is 1. The van der Waals surface area contributed by atoms with Gasteiger partial charge in [-0.1, -0.05) is 77.8 Å². The molecular formula is C31H26Cl2N4O4. The Kier molecular flexibility index (Phi) is 7.93. The maximum absolute atomic E-state index is 11.7. The number of halogens is 2. The minimum Gasteiger partial charge on any atom is -0.487 e. The molecule has 0 radical (unpaired) electrons. The Bertz CT molecular complexity index is 1690. The van der Waals surface area contributed by atoms with Crippen LogP contribution in [0.1, 0.15) is 24.0 Å².